The largest absolute Gasteiger partial charge is 0.435 e. The number of nitrogen functional groups attached to an aromatic ring is 1. The fourth-order valence-electron chi connectivity index (χ4n) is 1.28. The summed E-state index contributed by atoms with van der Waals surface area (Å²) in [7, 11) is 0. The van der Waals surface area contributed by atoms with Gasteiger partial charge in [0.1, 0.15) is 0 Å². The Bertz CT molecular complexity index is 557. The van der Waals surface area contributed by atoms with Crippen LogP contribution in [0.5, 0.6) is 11.6 Å². The molecule has 1 heterocycles. The molecule has 0 unspecified atom stereocenters. The number of ether oxygens (including phenoxy) is 1. The summed E-state index contributed by atoms with van der Waals surface area (Å²) < 4.78 is 5.54. The predicted molar refractivity (Wildman–Crippen MR) is 67.4 cm³/mol. The molecule has 0 atom stereocenters. The van der Waals surface area contributed by atoms with E-state index in [0.717, 1.165) is 11.4 Å². The van der Waals surface area contributed by atoms with Gasteiger partial charge in [-0.05, 0) is 26.0 Å². The first-order valence-corrected chi connectivity index (χ1v) is 5.47. The zero-order valence-corrected chi connectivity index (χ0v) is 10.3. The molecule has 0 spiro atoms. The Morgan fingerprint density at radius 3 is 2.71 bits per heavy atom. The van der Waals surface area contributed by atoms with Gasteiger partial charge in [-0.2, -0.15) is 0 Å². The molecule has 0 amide bonds. The number of rotatable bonds is 2. The Morgan fingerprint density at radius 1 is 1.24 bits per heavy atom. The molecule has 2 rings (SSSR count). The molecular formula is C12H12ClN3O. The molecule has 0 saturated carbocycles. The predicted octanol–water partition coefficient (Wildman–Crippen LogP) is 3.12. The number of anilines is 1. The molecule has 1 aromatic heterocycles. The molecule has 1 aromatic carbocycles. The minimum atomic E-state index is 0.405. The Kier molecular flexibility index (Phi) is 3.15. The molecule has 5 heteroatoms. The number of hydrogen-bond acceptors (Lipinski definition) is 4. The number of nitrogens with two attached hydrogens (primary N) is 1. The maximum absolute atomic E-state index is 5.87. The van der Waals surface area contributed by atoms with E-state index < -0.39 is 0 Å². The molecule has 17 heavy (non-hydrogen) atoms. The standard InChI is InChI=1S/C12H12ClN3O/c1-7-8(2)16-12(6-15-7)17-11-5-9(13)3-4-10(11)14/h3-6H,14H2,1-2H3. The van der Waals surface area contributed by atoms with Crippen LogP contribution >= 0.6 is 11.6 Å². The van der Waals surface area contributed by atoms with Crippen LogP contribution in [0.15, 0.2) is 24.4 Å². The van der Waals surface area contributed by atoms with Gasteiger partial charge in [0.25, 0.3) is 0 Å². The molecule has 88 valence electrons. The van der Waals surface area contributed by atoms with Crippen LogP contribution in [-0.2, 0) is 0 Å². The first kappa shape index (κ1) is 11.7. The molecule has 2 N–H and O–H groups in total. The Balaban J connectivity index is 2.31. The van der Waals surface area contributed by atoms with Crippen molar-refractivity contribution < 1.29 is 4.74 Å². The smallest absolute Gasteiger partial charge is 0.238 e. The molecule has 0 bridgehead atoms. The van der Waals surface area contributed by atoms with Crippen molar-refractivity contribution in [3.05, 3.63) is 40.8 Å². The number of aryl methyl sites for hydroxylation is 2. The summed E-state index contributed by atoms with van der Waals surface area (Å²) in [5.41, 5.74) is 7.98. The Hall–Kier alpha value is -1.81. The second-order valence-corrected chi connectivity index (χ2v) is 4.10. The summed E-state index contributed by atoms with van der Waals surface area (Å²) >= 11 is 5.87. The monoisotopic (exact) mass is 249 g/mol. The third kappa shape index (κ3) is 2.65. The minimum Gasteiger partial charge on any atom is -0.435 e. The van der Waals surface area contributed by atoms with Crippen LogP contribution in [0.1, 0.15) is 11.4 Å². The van der Waals surface area contributed by atoms with Crippen molar-refractivity contribution >= 4 is 17.3 Å². The van der Waals surface area contributed by atoms with Crippen LogP contribution in [0.25, 0.3) is 0 Å². The summed E-state index contributed by atoms with van der Waals surface area (Å²) in [6.45, 7) is 3.76. The summed E-state index contributed by atoms with van der Waals surface area (Å²) in [4.78, 5) is 8.42. The van der Waals surface area contributed by atoms with Gasteiger partial charge in [-0.15, -0.1) is 0 Å². The molecule has 2 aromatic rings. The van der Waals surface area contributed by atoms with Gasteiger partial charge in [0.2, 0.25) is 5.88 Å². The van der Waals surface area contributed by atoms with E-state index in [-0.39, 0.29) is 0 Å². The van der Waals surface area contributed by atoms with Crippen molar-refractivity contribution in [3.63, 3.8) is 0 Å². The molecular weight excluding hydrogens is 238 g/mol. The van der Waals surface area contributed by atoms with Crippen molar-refractivity contribution in [2.45, 2.75) is 13.8 Å². The van der Waals surface area contributed by atoms with E-state index in [4.69, 9.17) is 22.1 Å². The number of nitrogens with zero attached hydrogens (tertiary/aromatic N) is 2. The highest BCUT2D eigenvalue weighted by molar-refractivity contribution is 6.30. The topological polar surface area (TPSA) is 61.0 Å². The van der Waals surface area contributed by atoms with Crippen LogP contribution in [0.4, 0.5) is 5.69 Å². The molecule has 0 aliphatic rings. The van der Waals surface area contributed by atoms with Crippen LogP contribution in [-0.4, -0.2) is 9.97 Å². The number of benzene rings is 1. The van der Waals surface area contributed by atoms with Crippen LogP contribution in [0, 0.1) is 13.8 Å². The molecule has 0 saturated heterocycles. The van der Waals surface area contributed by atoms with Crippen molar-refractivity contribution in [1.29, 1.82) is 0 Å². The highest BCUT2D eigenvalue weighted by Gasteiger charge is 2.06. The van der Waals surface area contributed by atoms with E-state index in [1.807, 2.05) is 13.8 Å². The summed E-state index contributed by atoms with van der Waals surface area (Å²) in [6, 6.07) is 5.04. The highest BCUT2D eigenvalue weighted by Crippen LogP contribution is 2.29. The van der Waals surface area contributed by atoms with Gasteiger partial charge in [-0.3, -0.25) is 4.98 Å². The van der Waals surface area contributed by atoms with Crippen molar-refractivity contribution in [3.8, 4) is 11.6 Å². The molecule has 0 fully saturated rings. The van der Waals surface area contributed by atoms with Crippen LogP contribution in [0.2, 0.25) is 5.02 Å². The van der Waals surface area contributed by atoms with Crippen molar-refractivity contribution in [1.82, 2.24) is 9.97 Å². The third-order valence-electron chi connectivity index (χ3n) is 2.36. The van der Waals surface area contributed by atoms with E-state index in [0.29, 0.717) is 22.3 Å². The average Bonchev–Trinajstić information content (AvgIpc) is 2.29. The summed E-state index contributed by atoms with van der Waals surface area (Å²) in [6.07, 6.45) is 1.56. The lowest BCUT2D eigenvalue weighted by Gasteiger charge is -2.08. The van der Waals surface area contributed by atoms with E-state index >= 15 is 0 Å². The summed E-state index contributed by atoms with van der Waals surface area (Å²) in [5, 5.41) is 0.561. The number of aromatic nitrogens is 2. The second-order valence-electron chi connectivity index (χ2n) is 3.66. The zero-order chi connectivity index (χ0) is 12.4. The second kappa shape index (κ2) is 4.59. The fourth-order valence-corrected chi connectivity index (χ4v) is 1.44. The average molecular weight is 250 g/mol. The van der Waals surface area contributed by atoms with E-state index in [1.54, 1.807) is 24.4 Å². The van der Waals surface area contributed by atoms with Gasteiger partial charge in [0.15, 0.2) is 5.75 Å². The van der Waals surface area contributed by atoms with Gasteiger partial charge >= 0.3 is 0 Å². The maximum atomic E-state index is 5.87. The Morgan fingerprint density at radius 2 is 2.00 bits per heavy atom. The third-order valence-corrected chi connectivity index (χ3v) is 2.60. The lowest BCUT2D eigenvalue weighted by Crippen LogP contribution is -1.97. The summed E-state index contributed by atoms with van der Waals surface area (Å²) in [5.74, 6) is 0.886. The van der Waals surface area contributed by atoms with Crippen LogP contribution in [0.3, 0.4) is 0 Å². The highest BCUT2D eigenvalue weighted by atomic mass is 35.5. The minimum absolute atomic E-state index is 0.405. The van der Waals surface area contributed by atoms with Gasteiger partial charge < -0.3 is 10.5 Å². The van der Waals surface area contributed by atoms with E-state index in [1.165, 1.54) is 0 Å². The molecule has 0 radical (unpaired) electrons. The first-order valence-electron chi connectivity index (χ1n) is 5.09. The quantitative estimate of drug-likeness (QED) is 0.831. The Labute approximate surface area is 104 Å². The zero-order valence-electron chi connectivity index (χ0n) is 9.57. The van der Waals surface area contributed by atoms with E-state index in [9.17, 15) is 0 Å². The van der Waals surface area contributed by atoms with E-state index in [2.05, 4.69) is 9.97 Å². The molecule has 0 aliphatic heterocycles. The molecule has 0 aliphatic carbocycles. The number of halogens is 1. The lowest BCUT2D eigenvalue weighted by molar-refractivity contribution is 0.460. The van der Waals surface area contributed by atoms with Crippen LogP contribution < -0.4 is 10.5 Å². The SMILES string of the molecule is Cc1ncc(Oc2cc(Cl)ccc2N)nc1C. The maximum Gasteiger partial charge on any atom is 0.238 e. The lowest BCUT2D eigenvalue weighted by atomic mass is 10.3. The van der Waals surface area contributed by atoms with Gasteiger partial charge in [-0.25, -0.2) is 4.98 Å². The number of hydrogen-bond donors (Lipinski definition) is 1. The molecule has 4 nitrogen and oxygen atoms in total. The van der Waals surface area contributed by atoms with Gasteiger partial charge in [0, 0.05) is 11.1 Å². The van der Waals surface area contributed by atoms with Gasteiger partial charge in [0.05, 0.1) is 23.3 Å². The van der Waals surface area contributed by atoms with Crippen molar-refractivity contribution in [2.75, 3.05) is 5.73 Å². The van der Waals surface area contributed by atoms with Gasteiger partial charge in [-0.1, -0.05) is 11.6 Å². The normalized spacial score (nSPS) is 10.3. The fraction of sp³-hybridized carbons (Fsp3) is 0.167. The van der Waals surface area contributed by atoms with Crippen molar-refractivity contribution in [2.24, 2.45) is 0 Å². The first-order chi connectivity index (χ1) is 8.06.